The van der Waals surface area contributed by atoms with Gasteiger partial charge in [-0.15, -0.1) is 5.10 Å². The fourth-order valence-electron chi connectivity index (χ4n) is 1.90. The molecule has 2 N–H and O–H groups in total. The molecular weight excluding hydrogens is 270 g/mol. The molecule has 2 heterocycles. The highest BCUT2D eigenvalue weighted by atomic mass is 16.3. The summed E-state index contributed by atoms with van der Waals surface area (Å²) >= 11 is 0. The van der Waals surface area contributed by atoms with Crippen LogP contribution in [0.5, 0.6) is 0 Å². The normalized spacial score (nSPS) is 11.2. The number of carbonyl (C=O) groups excluding carboxylic acids is 1. The van der Waals surface area contributed by atoms with Crippen LogP contribution in [-0.4, -0.2) is 26.1 Å². The van der Waals surface area contributed by atoms with Gasteiger partial charge in [-0.2, -0.15) is 0 Å². The first kappa shape index (κ1) is 13.3. The number of amides is 1. The first-order chi connectivity index (χ1) is 10.0. The van der Waals surface area contributed by atoms with E-state index in [0.29, 0.717) is 28.5 Å². The second kappa shape index (κ2) is 5.01. The number of nitrogens with one attached hydrogen (secondary N) is 2. The smallest absolute Gasteiger partial charge is 0.295 e. The standard InChI is InChI=1S/C14H15N5O2/c1-7(2)14-17-10-6-9(4-5-11(10)21-14)16-13(20)12-15-8(3)18-19-12/h4-7H,1-3H3,(H,16,20)(H,15,18,19). The van der Waals surface area contributed by atoms with Crippen LogP contribution in [0.2, 0.25) is 0 Å². The van der Waals surface area contributed by atoms with Crippen LogP contribution < -0.4 is 5.32 Å². The molecule has 7 heteroatoms. The van der Waals surface area contributed by atoms with E-state index >= 15 is 0 Å². The largest absolute Gasteiger partial charge is 0.440 e. The van der Waals surface area contributed by atoms with E-state index in [1.54, 1.807) is 25.1 Å². The van der Waals surface area contributed by atoms with Crippen molar-refractivity contribution in [1.29, 1.82) is 0 Å². The van der Waals surface area contributed by atoms with Crippen LogP contribution in [-0.2, 0) is 0 Å². The second-order valence-corrected chi connectivity index (χ2v) is 5.09. The van der Waals surface area contributed by atoms with Gasteiger partial charge in [0.1, 0.15) is 11.3 Å². The molecule has 0 aliphatic heterocycles. The zero-order chi connectivity index (χ0) is 15.0. The van der Waals surface area contributed by atoms with Crippen LogP contribution in [0.1, 0.15) is 42.1 Å². The lowest BCUT2D eigenvalue weighted by Gasteiger charge is -2.01. The van der Waals surface area contributed by atoms with Crippen molar-refractivity contribution in [3.8, 4) is 0 Å². The summed E-state index contributed by atoms with van der Waals surface area (Å²) in [6.45, 7) is 5.76. The van der Waals surface area contributed by atoms with Crippen molar-refractivity contribution in [2.24, 2.45) is 0 Å². The molecule has 0 spiro atoms. The number of aromatic nitrogens is 4. The third-order valence-corrected chi connectivity index (χ3v) is 2.96. The lowest BCUT2D eigenvalue weighted by Crippen LogP contribution is -2.13. The lowest BCUT2D eigenvalue weighted by molar-refractivity contribution is 0.101. The molecule has 1 aromatic carbocycles. The number of oxazole rings is 1. The Morgan fingerprint density at radius 3 is 2.81 bits per heavy atom. The number of H-pyrrole nitrogens is 1. The minimum absolute atomic E-state index is 0.107. The topological polar surface area (TPSA) is 96.7 Å². The molecule has 0 atom stereocenters. The molecule has 0 aliphatic rings. The molecule has 0 radical (unpaired) electrons. The van der Waals surface area contributed by atoms with E-state index in [-0.39, 0.29) is 17.6 Å². The highest BCUT2D eigenvalue weighted by Crippen LogP contribution is 2.23. The maximum atomic E-state index is 12.0. The van der Waals surface area contributed by atoms with Crippen molar-refractivity contribution >= 4 is 22.7 Å². The van der Waals surface area contributed by atoms with Crippen LogP contribution >= 0.6 is 0 Å². The van der Waals surface area contributed by atoms with Gasteiger partial charge < -0.3 is 9.73 Å². The molecular formula is C14H15N5O2. The average Bonchev–Trinajstić information content (AvgIpc) is 3.04. The fraction of sp³-hybridized carbons (Fsp3) is 0.286. The van der Waals surface area contributed by atoms with Gasteiger partial charge in [-0.3, -0.25) is 9.89 Å². The molecule has 108 valence electrons. The summed E-state index contributed by atoms with van der Waals surface area (Å²) < 4.78 is 5.62. The van der Waals surface area contributed by atoms with E-state index in [9.17, 15) is 4.79 Å². The molecule has 0 saturated heterocycles. The number of rotatable bonds is 3. The molecule has 0 saturated carbocycles. The van der Waals surface area contributed by atoms with Crippen molar-refractivity contribution in [2.75, 3.05) is 5.32 Å². The molecule has 2 aromatic heterocycles. The van der Waals surface area contributed by atoms with Gasteiger partial charge in [0.2, 0.25) is 5.82 Å². The summed E-state index contributed by atoms with van der Waals surface area (Å²) in [5, 5.41) is 9.19. The Morgan fingerprint density at radius 1 is 1.33 bits per heavy atom. The first-order valence-electron chi connectivity index (χ1n) is 6.64. The summed E-state index contributed by atoms with van der Waals surface area (Å²) in [6.07, 6.45) is 0. The van der Waals surface area contributed by atoms with Crippen molar-refractivity contribution < 1.29 is 9.21 Å². The number of nitrogens with zero attached hydrogens (tertiary/aromatic N) is 3. The molecule has 7 nitrogen and oxygen atoms in total. The van der Waals surface area contributed by atoms with Crippen LogP contribution in [0.3, 0.4) is 0 Å². The molecule has 3 rings (SSSR count). The van der Waals surface area contributed by atoms with E-state index in [1.165, 1.54) is 0 Å². The maximum Gasteiger partial charge on any atom is 0.295 e. The van der Waals surface area contributed by atoms with E-state index in [2.05, 4.69) is 25.5 Å². The number of hydrogen-bond acceptors (Lipinski definition) is 5. The number of aryl methyl sites for hydroxylation is 1. The van der Waals surface area contributed by atoms with Crippen LogP contribution in [0.25, 0.3) is 11.1 Å². The summed E-state index contributed by atoms with van der Waals surface area (Å²) in [5.41, 5.74) is 2.03. The third kappa shape index (κ3) is 2.62. The molecule has 21 heavy (non-hydrogen) atoms. The fourth-order valence-corrected chi connectivity index (χ4v) is 1.90. The van der Waals surface area contributed by atoms with Gasteiger partial charge in [-0.05, 0) is 25.1 Å². The minimum Gasteiger partial charge on any atom is -0.440 e. The van der Waals surface area contributed by atoms with Crippen LogP contribution in [0.15, 0.2) is 22.6 Å². The van der Waals surface area contributed by atoms with E-state index in [1.807, 2.05) is 13.8 Å². The van der Waals surface area contributed by atoms with Gasteiger partial charge in [0.05, 0.1) is 0 Å². The van der Waals surface area contributed by atoms with Gasteiger partial charge in [0, 0.05) is 11.6 Å². The molecule has 3 aromatic rings. The van der Waals surface area contributed by atoms with Gasteiger partial charge >= 0.3 is 0 Å². The SMILES string of the molecule is Cc1nc(C(=O)Nc2ccc3oc(C(C)C)nc3c2)n[nH]1. The van der Waals surface area contributed by atoms with Crippen molar-refractivity contribution in [1.82, 2.24) is 20.2 Å². The molecule has 0 bridgehead atoms. The Balaban J connectivity index is 1.85. The predicted octanol–water partition coefficient (Wildman–Crippen LogP) is 2.63. The highest BCUT2D eigenvalue weighted by Gasteiger charge is 2.13. The van der Waals surface area contributed by atoms with Crippen LogP contribution in [0, 0.1) is 6.92 Å². The highest BCUT2D eigenvalue weighted by molar-refractivity contribution is 6.02. The third-order valence-electron chi connectivity index (χ3n) is 2.96. The number of fused-ring (bicyclic) bond motifs is 1. The Labute approximate surface area is 120 Å². The van der Waals surface area contributed by atoms with Gasteiger partial charge in [0.15, 0.2) is 11.5 Å². The maximum absolute atomic E-state index is 12.0. The summed E-state index contributed by atoms with van der Waals surface area (Å²) in [4.78, 5) is 20.4. The Hall–Kier alpha value is -2.70. The van der Waals surface area contributed by atoms with Gasteiger partial charge in [-0.1, -0.05) is 13.8 Å². The molecule has 0 aliphatic carbocycles. The van der Waals surface area contributed by atoms with Crippen molar-refractivity contribution in [3.05, 3.63) is 35.7 Å². The first-order valence-corrected chi connectivity index (χ1v) is 6.64. The van der Waals surface area contributed by atoms with E-state index in [0.717, 1.165) is 0 Å². The van der Waals surface area contributed by atoms with E-state index < -0.39 is 0 Å². The Morgan fingerprint density at radius 2 is 2.14 bits per heavy atom. The summed E-state index contributed by atoms with van der Waals surface area (Å²) in [5.74, 6) is 1.22. The number of benzene rings is 1. The monoisotopic (exact) mass is 285 g/mol. The summed E-state index contributed by atoms with van der Waals surface area (Å²) in [6, 6.07) is 5.31. The zero-order valence-corrected chi connectivity index (χ0v) is 12.0. The number of hydrogen-bond donors (Lipinski definition) is 2. The average molecular weight is 285 g/mol. The molecule has 0 unspecified atom stereocenters. The zero-order valence-electron chi connectivity index (χ0n) is 12.0. The predicted molar refractivity (Wildman–Crippen MR) is 77.2 cm³/mol. The van der Waals surface area contributed by atoms with Crippen molar-refractivity contribution in [3.63, 3.8) is 0 Å². The van der Waals surface area contributed by atoms with Gasteiger partial charge in [0.25, 0.3) is 5.91 Å². The van der Waals surface area contributed by atoms with Crippen LogP contribution in [0.4, 0.5) is 5.69 Å². The number of aromatic amines is 1. The Kier molecular flexibility index (Phi) is 3.17. The molecule has 1 amide bonds. The van der Waals surface area contributed by atoms with Crippen molar-refractivity contribution in [2.45, 2.75) is 26.7 Å². The van der Waals surface area contributed by atoms with E-state index in [4.69, 9.17) is 4.42 Å². The number of carbonyl (C=O) groups is 1. The second-order valence-electron chi connectivity index (χ2n) is 5.09. The minimum atomic E-state index is -0.369. The summed E-state index contributed by atoms with van der Waals surface area (Å²) in [7, 11) is 0. The van der Waals surface area contributed by atoms with Gasteiger partial charge in [-0.25, -0.2) is 9.97 Å². The quantitative estimate of drug-likeness (QED) is 0.771. The molecule has 0 fully saturated rings. The Bertz CT molecular complexity index is 803. The number of anilines is 1. The lowest BCUT2D eigenvalue weighted by atomic mass is 10.2.